The molecule has 104 valence electrons. The van der Waals surface area contributed by atoms with Crippen molar-refractivity contribution in [3.8, 4) is 0 Å². The fraction of sp³-hybridized carbons (Fsp3) is 0.250. The number of hydrogen-bond acceptors (Lipinski definition) is 2. The Balaban J connectivity index is 2.05. The fourth-order valence-electron chi connectivity index (χ4n) is 2.75. The largest absolute Gasteiger partial charge is 0.341 e. The minimum atomic E-state index is -0.195. The Morgan fingerprint density at radius 3 is 2.85 bits per heavy atom. The molecule has 1 N–H and O–H groups in total. The smallest absolute Gasteiger partial charge is 0.125 e. The van der Waals surface area contributed by atoms with Crippen LogP contribution in [0.25, 0.3) is 0 Å². The van der Waals surface area contributed by atoms with Crippen molar-refractivity contribution in [1.29, 1.82) is 0 Å². The molecule has 0 bridgehead atoms. The third-order valence-corrected chi connectivity index (χ3v) is 3.88. The summed E-state index contributed by atoms with van der Waals surface area (Å²) in [4.78, 5) is 2.17. The van der Waals surface area contributed by atoms with E-state index in [1.165, 1.54) is 11.6 Å². The zero-order valence-electron chi connectivity index (χ0n) is 11.3. The third-order valence-electron chi connectivity index (χ3n) is 3.64. The third kappa shape index (κ3) is 2.39. The van der Waals surface area contributed by atoms with Crippen LogP contribution in [-0.2, 0) is 13.0 Å². The van der Waals surface area contributed by atoms with Crippen molar-refractivity contribution in [3.05, 3.63) is 58.4 Å². The quantitative estimate of drug-likeness (QED) is 0.922. The highest BCUT2D eigenvalue weighted by atomic mass is 35.5. The zero-order chi connectivity index (χ0) is 14.1. The van der Waals surface area contributed by atoms with Gasteiger partial charge in [0.05, 0.1) is 0 Å². The summed E-state index contributed by atoms with van der Waals surface area (Å²) in [5.74, 6) is -0.195. The number of hydrogen-bond donors (Lipinski definition) is 1. The first-order chi connectivity index (χ1) is 9.69. The zero-order valence-corrected chi connectivity index (χ0v) is 12.0. The molecular weight excluding hydrogens is 275 g/mol. The molecule has 0 radical (unpaired) electrons. The molecule has 1 aliphatic heterocycles. The number of benzene rings is 2. The minimum absolute atomic E-state index is 0.195. The predicted molar refractivity (Wildman–Crippen MR) is 81.3 cm³/mol. The van der Waals surface area contributed by atoms with Gasteiger partial charge in [0.25, 0.3) is 0 Å². The summed E-state index contributed by atoms with van der Waals surface area (Å²) < 4.78 is 13.5. The average molecular weight is 291 g/mol. The molecule has 1 aliphatic rings. The first kappa shape index (κ1) is 13.4. The lowest BCUT2D eigenvalue weighted by Gasteiger charge is -2.23. The van der Waals surface area contributed by atoms with Gasteiger partial charge in [0.2, 0.25) is 0 Å². The molecule has 0 fully saturated rings. The number of fused-ring (bicyclic) bond motifs is 1. The van der Waals surface area contributed by atoms with Gasteiger partial charge in [0.15, 0.2) is 0 Å². The maximum Gasteiger partial charge on any atom is 0.125 e. The summed E-state index contributed by atoms with van der Waals surface area (Å²) >= 11 is 6.08. The van der Waals surface area contributed by atoms with Crippen LogP contribution in [0.2, 0.25) is 5.02 Å². The summed E-state index contributed by atoms with van der Waals surface area (Å²) in [5, 5.41) is 3.87. The van der Waals surface area contributed by atoms with Gasteiger partial charge in [-0.25, -0.2) is 4.39 Å². The van der Waals surface area contributed by atoms with E-state index < -0.39 is 0 Å². The molecule has 1 heterocycles. The molecule has 3 rings (SSSR count). The molecule has 4 heteroatoms. The first-order valence-corrected chi connectivity index (χ1v) is 7.06. The topological polar surface area (TPSA) is 15.3 Å². The highest BCUT2D eigenvalue weighted by Gasteiger charge is 2.22. The SMILES string of the molecule is CNCc1cc(Cl)ccc1N1CCc2ccc(F)cc21. The van der Waals surface area contributed by atoms with Crippen molar-refractivity contribution in [3.63, 3.8) is 0 Å². The summed E-state index contributed by atoms with van der Waals surface area (Å²) in [5.41, 5.74) is 4.37. The average Bonchev–Trinajstić information content (AvgIpc) is 2.82. The number of anilines is 2. The minimum Gasteiger partial charge on any atom is -0.341 e. The summed E-state index contributed by atoms with van der Waals surface area (Å²) in [6.07, 6.45) is 0.942. The molecule has 2 nitrogen and oxygen atoms in total. The first-order valence-electron chi connectivity index (χ1n) is 6.68. The standard InChI is InChI=1S/C16H16ClFN2/c1-19-10-12-8-13(17)3-5-15(12)20-7-6-11-2-4-14(18)9-16(11)20/h2-5,8-9,19H,6-7,10H2,1H3. The normalized spacial score (nSPS) is 13.7. The van der Waals surface area contributed by atoms with Gasteiger partial charge in [0.1, 0.15) is 5.82 Å². The van der Waals surface area contributed by atoms with E-state index in [1.807, 2.05) is 31.3 Å². The molecule has 2 aromatic rings. The molecule has 2 aromatic carbocycles. The second kappa shape index (κ2) is 5.43. The summed E-state index contributed by atoms with van der Waals surface area (Å²) in [6.45, 7) is 1.61. The van der Waals surface area contributed by atoms with E-state index in [1.54, 1.807) is 6.07 Å². The van der Waals surface area contributed by atoms with Crippen molar-refractivity contribution in [2.75, 3.05) is 18.5 Å². The molecular formula is C16H16ClFN2. The Morgan fingerprint density at radius 2 is 2.05 bits per heavy atom. The molecule has 0 aromatic heterocycles. The number of rotatable bonds is 3. The van der Waals surface area contributed by atoms with Gasteiger partial charge in [-0.05, 0) is 54.9 Å². The number of nitrogens with one attached hydrogen (secondary N) is 1. The van der Waals surface area contributed by atoms with Crippen molar-refractivity contribution in [2.45, 2.75) is 13.0 Å². The van der Waals surface area contributed by atoms with Crippen molar-refractivity contribution >= 4 is 23.0 Å². The number of nitrogens with zero attached hydrogens (tertiary/aromatic N) is 1. The van der Waals surface area contributed by atoms with Crippen molar-refractivity contribution < 1.29 is 4.39 Å². The molecule has 0 atom stereocenters. The van der Waals surface area contributed by atoms with E-state index in [9.17, 15) is 4.39 Å². The highest BCUT2D eigenvalue weighted by molar-refractivity contribution is 6.30. The van der Waals surface area contributed by atoms with Crippen LogP contribution in [0.5, 0.6) is 0 Å². The molecule has 20 heavy (non-hydrogen) atoms. The lowest BCUT2D eigenvalue weighted by Crippen LogP contribution is -2.17. The molecule has 0 saturated carbocycles. The molecule has 0 amide bonds. The van der Waals surface area contributed by atoms with Gasteiger partial charge in [0, 0.05) is 29.5 Å². The molecule has 0 spiro atoms. The van der Waals surface area contributed by atoms with Crippen LogP contribution in [0.4, 0.5) is 15.8 Å². The van der Waals surface area contributed by atoms with Crippen LogP contribution in [0, 0.1) is 5.82 Å². The Bertz CT molecular complexity index is 642. The Kier molecular flexibility index (Phi) is 3.64. The Labute approximate surface area is 123 Å². The Hall–Kier alpha value is -1.58. The second-order valence-corrected chi connectivity index (χ2v) is 5.41. The van der Waals surface area contributed by atoms with Crippen LogP contribution in [0.15, 0.2) is 36.4 Å². The van der Waals surface area contributed by atoms with E-state index in [0.29, 0.717) is 0 Å². The van der Waals surface area contributed by atoms with Crippen LogP contribution in [0.1, 0.15) is 11.1 Å². The van der Waals surface area contributed by atoms with Crippen molar-refractivity contribution in [1.82, 2.24) is 5.32 Å². The van der Waals surface area contributed by atoms with Gasteiger partial charge < -0.3 is 10.2 Å². The maximum atomic E-state index is 13.5. The molecule has 0 aliphatic carbocycles. The van der Waals surface area contributed by atoms with E-state index in [4.69, 9.17) is 11.6 Å². The second-order valence-electron chi connectivity index (χ2n) is 4.98. The van der Waals surface area contributed by atoms with Crippen LogP contribution in [-0.4, -0.2) is 13.6 Å². The van der Waals surface area contributed by atoms with Gasteiger partial charge in [-0.3, -0.25) is 0 Å². The highest BCUT2D eigenvalue weighted by Crippen LogP contribution is 2.37. The van der Waals surface area contributed by atoms with Crippen LogP contribution < -0.4 is 10.2 Å². The molecule has 0 unspecified atom stereocenters. The lowest BCUT2D eigenvalue weighted by molar-refractivity contribution is 0.628. The maximum absolute atomic E-state index is 13.5. The van der Waals surface area contributed by atoms with E-state index in [0.717, 1.165) is 41.5 Å². The Morgan fingerprint density at radius 1 is 1.20 bits per heavy atom. The summed E-state index contributed by atoms with van der Waals surface area (Å²) in [7, 11) is 1.91. The van der Waals surface area contributed by atoms with Gasteiger partial charge >= 0.3 is 0 Å². The van der Waals surface area contributed by atoms with Gasteiger partial charge in [-0.2, -0.15) is 0 Å². The monoisotopic (exact) mass is 290 g/mol. The predicted octanol–water partition coefficient (Wildman–Crippen LogP) is 3.89. The molecule has 0 saturated heterocycles. The van der Waals surface area contributed by atoms with E-state index >= 15 is 0 Å². The van der Waals surface area contributed by atoms with Crippen LogP contribution in [0.3, 0.4) is 0 Å². The van der Waals surface area contributed by atoms with Crippen molar-refractivity contribution in [2.24, 2.45) is 0 Å². The van der Waals surface area contributed by atoms with Gasteiger partial charge in [-0.1, -0.05) is 17.7 Å². The van der Waals surface area contributed by atoms with E-state index in [2.05, 4.69) is 10.2 Å². The fourth-order valence-corrected chi connectivity index (χ4v) is 2.95. The summed E-state index contributed by atoms with van der Waals surface area (Å²) in [6, 6.07) is 10.9. The van der Waals surface area contributed by atoms with Crippen LogP contribution >= 0.6 is 11.6 Å². The number of halogens is 2. The van der Waals surface area contributed by atoms with Gasteiger partial charge in [-0.15, -0.1) is 0 Å². The van der Waals surface area contributed by atoms with E-state index in [-0.39, 0.29) is 5.82 Å². The lowest BCUT2D eigenvalue weighted by atomic mass is 10.1.